The Kier molecular flexibility index (Phi) is 5.45. The highest BCUT2D eigenvalue weighted by atomic mass is 32.2. The van der Waals surface area contributed by atoms with Gasteiger partial charge in [0.15, 0.2) is 5.76 Å². The molecule has 170 valence electrons. The highest BCUT2D eigenvalue weighted by molar-refractivity contribution is 7.89. The summed E-state index contributed by atoms with van der Waals surface area (Å²) < 4.78 is 73.6. The number of piperidine rings is 1. The van der Waals surface area contributed by atoms with Crippen LogP contribution in [0, 0.1) is 19.3 Å². The van der Waals surface area contributed by atoms with Gasteiger partial charge >= 0.3 is 6.36 Å². The van der Waals surface area contributed by atoms with Gasteiger partial charge in [0, 0.05) is 31.9 Å². The normalized spacial score (nSPS) is 19.8. The van der Waals surface area contributed by atoms with E-state index in [0.29, 0.717) is 24.5 Å². The minimum Gasteiger partial charge on any atom is -0.406 e. The van der Waals surface area contributed by atoms with Crippen molar-refractivity contribution in [1.82, 2.24) is 9.46 Å². The molecule has 4 rings (SSSR count). The molecule has 7 nitrogen and oxygen atoms in total. The number of alkyl halides is 3. The third-order valence-corrected chi connectivity index (χ3v) is 8.37. The summed E-state index contributed by atoms with van der Waals surface area (Å²) in [5, 5.41) is 3.76. The van der Waals surface area contributed by atoms with Crippen molar-refractivity contribution in [3.05, 3.63) is 35.7 Å². The Morgan fingerprint density at radius 3 is 2.23 bits per heavy atom. The third-order valence-electron chi connectivity index (χ3n) is 6.22. The van der Waals surface area contributed by atoms with Gasteiger partial charge in [0.05, 0.1) is 0 Å². The number of aromatic nitrogens is 1. The lowest BCUT2D eigenvalue weighted by Gasteiger charge is -2.38. The summed E-state index contributed by atoms with van der Waals surface area (Å²) in [6.07, 6.45) is -2.35. The smallest absolute Gasteiger partial charge is 0.406 e. The standard InChI is InChI=1S/C20H24F3N3O4S/c1-14-18(15(2)30-24-14)31(27,28)26-11-8-19(9-12-26)7-10-25(13-19)16-3-5-17(6-4-16)29-20(21,22)23/h3-6H,7-13H2,1-2H3. The average Bonchev–Trinajstić information content (AvgIpc) is 3.25. The molecule has 2 aromatic rings. The molecule has 11 heteroatoms. The molecule has 0 radical (unpaired) electrons. The van der Waals surface area contributed by atoms with Crippen LogP contribution in [0.3, 0.4) is 0 Å². The highest BCUT2D eigenvalue weighted by Crippen LogP contribution is 2.43. The van der Waals surface area contributed by atoms with Gasteiger partial charge in [0.1, 0.15) is 16.3 Å². The molecule has 0 unspecified atom stereocenters. The fraction of sp³-hybridized carbons (Fsp3) is 0.550. The summed E-state index contributed by atoms with van der Waals surface area (Å²) in [6.45, 7) is 5.56. The molecule has 0 atom stereocenters. The molecule has 1 aromatic heterocycles. The number of ether oxygens (including phenoxy) is 1. The molecule has 1 spiro atoms. The fourth-order valence-corrected chi connectivity index (χ4v) is 6.33. The number of hydrogen-bond donors (Lipinski definition) is 0. The van der Waals surface area contributed by atoms with E-state index < -0.39 is 16.4 Å². The van der Waals surface area contributed by atoms with Gasteiger partial charge in [-0.2, -0.15) is 4.31 Å². The first-order valence-corrected chi connectivity index (χ1v) is 11.5. The average molecular weight is 459 g/mol. The second kappa shape index (κ2) is 7.70. The maximum Gasteiger partial charge on any atom is 0.573 e. The number of benzene rings is 1. The summed E-state index contributed by atoms with van der Waals surface area (Å²) in [7, 11) is -3.65. The Morgan fingerprint density at radius 1 is 1.06 bits per heavy atom. The molecule has 3 heterocycles. The van der Waals surface area contributed by atoms with Gasteiger partial charge in [0.25, 0.3) is 0 Å². The van der Waals surface area contributed by atoms with Crippen LogP contribution >= 0.6 is 0 Å². The fourth-order valence-electron chi connectivity index (χ4n) is 4.60. The van der Waals surface area contributed by atoms with Crippen molar-refractivity contribution >= 4 is 15.7 Å². The summed E-state index contributed by atoms with van der Waals surface area (Å²) in [5.41, 5.74) is 1.19. The first kappa shape index (κ1) is 21.9. The van der Waals surface area contributed by atoms with E-state index in [9.17, 15) is 21.6 Å². The molecule has 0 N–H and O–H groups in total. The zero-order chi connectivity index (χ0) is 22.4. The lowest BCUT2D eigenvalue weighted by Crippen LogP contribution is -2.44. The van der Waals surface area contributed by atoms with Crippen LogP contribution in [-0.2, 0) is 10.0 Å². The Balaban J connectivity index is 1.40. The molecule has 0 bridgehead atoms. The Morgan fingerprint density at radius 2 is 1.68 bits per heavy atom. The van der Waals surface area contributed by atoms with Crippen LogP contribution in [0.4, 0.5) is 18.9 Å². The largest absolute Gasteiger partial charge is 0.573 e. The van der Waals surface area contributed by atoms with Crippen LogP contribution in [-0.4, -0.2) is 50.4 Å². The molecule has 31 heavy (non-hydrogen) atoms. The van der Waals surface area contributed by atoms with Crippen molar-refractivity contribution < 1.29 is 30.8 Å². The molecule has 2 saturated heterocycles. The molecule has 0 saturated carbocycles. The van der Waals surface area contributed by atoms with E-state index in [1.165, 1.54) is 16.4 Å². The van der Waals surface area contributed by atoms with E-state index in [4.69, 9.17) is 4.52 Å². The first-order chi connectivity index (χ1) is 14.5. The van der Waals surface area contributed by atoms with Crippen LogP contribution in [0.15, 0.2) is 33.7 Å². The van der Waals surface area contributed by atoms with E-state index in [2.05, 4.69) is 14.8 Å². The van der Waals surface area contributed by atoms with E-state index in [-0.39, 0.29) is 16.1 Å². The van der Waals surface area contributed by atoms with Gasteiger partial charge < -0.3 is 14.2 Å². The minimum absolute atomic E-state index is 0.00804. The number of sulfonamides is 1. The van der Waals surface area contributed by atoms with Gasteiger partial charge in [-0.3, -0.25) is 0 Å². The molecule has 1 aromatic carbocycles. The lowest BCUT2D eigenvalue weighted by molar-refractivity contribution is -0.274. The van der Waals surface area contributed by atoms with Crippen molar-refractivity contribution in [3.8, 4) is 5.75 Å². The predicted molar refractivity (Wildman–Crippen MR) is 106 cm³/mol. The molecular formula is C20H24F3N3O4S. The maximum absolute atomic E-state index is 13.0. The molecule has 2 aliphatic rings. The zero-order valence-corrected chi connectivity index (χ0v) is 18.1. The Bertz CT molecular complexity index is 1020. The van der Waals surface area contributed by atoms with Crippen molar-refractivity contribution in [2.24, 2.45) is 5.41 Å². The molecular weight excluding hydrogens is 435 g/mol. The van der Waals surface area contributed by atoms with Crippen LogP contribution in [0.2, 0.25) is 0 Å². The van der Waals surface area contributed by atoms with E-state index >= 15 is 0 Å². The predicted octanol–water partition coefficient (Wildman–Crippen LogP) is 3.87. The highest BCUT2D eigenvalue weighted by Gasteiger charge is 2.44. The molecule has 0 amide bonds. The van der Waals surface area contributed by atoms with Crippen molar-refractivity contribution in [2.75, 3.05) is 31.1 Å². The van der Waals surface area contributed by atoms with Gasteiger partial charge in [-0.1, -0.05) is 5.16 Å². The van der Waals surface area contributed by atoms with Crippen molar-refractivity contribution in [1.29, 1.82) is 0 Å². The molecule has 2 aliphatic heterocycles. The lowest BCUT2D eigenvalue weighted by atomic mass is 9.78. The number of nitrogens with zero attached hydrogens (tertiary/aromatic N) is 3. The van der Waals surface area contributed by atoms with Gasteiger partial charge in [-0.15, -0.1) is 13.2 Å². The van der Waals surface area contributed by atoms with E-state index in [1.54, 1.807) is 26.0 Å². The molecule has 0 aliphatic carbocycles. The van der Waals surface area contributed by atoms with Crippen LogP contribution in [0.25, 0.3) is 0 Å². The Hall–Kier alpha value is -2.27. The number of hydrogen-bond acceptors (Lipinski definition) is 6. The second-order valence-corrected chi connectivity index (χ2v) is 10.1. The monoisotopic (exact) mass is 459 g/mol. The third kappa shape index (κ3) is 4.38. The molecule has 2 fully saturated rings. The minimum atomic E-state index is -4.71. The van der Waals surface area contributed by atoms with E-state index in [0.717, 1.165) is 38.0 Å². The van der Waals surface area contributed by atoms with Gasteiger partial charge in [0.2, 0.25) is 10.0 Å². The van der Waals surface area contributed by atoms with Crippen LogP contribution in [0.1, 0.15) is 30.7 Å². The summed E-state index contributed by atoms with van der Waals surface area (Å²) in [6, 6.07) is 5.87. The number of rotatable bonds is 4. The van der Waals surface area contributed by atoms with Crippen LogP contribution in [0.5, 0.6) is 5.75 Å². The summed E-state index contributed by atoms with van der Waals surface area (Å²) in [5.74, 6) is 0.0470. The Labute approximate surface area is 178 Å². The van der Waals surface area contributed by atoms with Crippen LogP contribution < -0.4 is 9.64 Å². The first-order valence-electron chi connectivity index (χ1n) is 10.0. The quantitative estimate of drug-likeness (QED) is 0.691. The number of halogens is 3. The van der Waals surface area contributed by atoms with E-state index in [1.807, 2.05) is 0 Å². The summed E-state index contributed by atoms with van der Waals surface area (Å²) >= 11 is 0. The number of anilines is 1. The topological polar surface area (TPSA) is 75.9 Å². The SMILES string of the molecule is Cc1noc(C)c1S(=O)(=O)N1CCC2(CCN(c3ccc(OC(F)(F)F)cc3)C2)CC1. The number of aryl methyl sites for hydroxylation is 2. The van der Waals surface area contributed by atoms with Crippen molar-refractivity contribution in [2.45, 2.75) is 44.4 Å². The maximum atomic E-state index is 13.0. The van der Waals surface area contributed by atoms with Gasteiger partial charge in [-0.05, 0) is 62.8 Å². The zero-order valence-electron chi connectivity index (χ0n) is 17.3. The van der Waals surface area contributed by atoms with Gasteiger partial charge in [-0.25, -0.2) is 8.42 Å². The second-order valence-electron chi connectivity index (χ2n) is 8.27. The summed E-state index contributed by atoms with van der Waals surface area (Å²) in [4.78, 5) is 2.29. The van der Waals surface area contributed by atoms with Crippen molar-refractivity contribution in [3.63, 3.8) is 0 Å².